The van der Waals surface area contributed by atoms with Gasteiger partial charge in [0.05, 0.1) is 10.6 Å². The van der Waals surface area contributed by atoms with Crippen LogP contribution in [0.5, 0.6) is 0 Å². The largest absolute Gasteiger partial charge is 0.317 e. The molecular formula is C16H13FN2O2S. The molecule has 0 fully saturated rings. The van der Waals surface area contributed by atoms with E-state index in [1.54, 1.807) is 24.3 Å². The van der Waals surface area contributed by atoms with Gasteiger partial charge in [0.1, 0.15) is 5.82 Å². The van der Waals surface area contributed by atoms with Crippen LogP contribution in [0.4, 0.5) is 4.39 Å². The van der Waals surface area contributed by atoms with E-state index in [0.717, 1.165) is 16.9 Å². The maximum absolute atomic E-state index is 13.0. The Morgan fingerprint density at radius 2 is 1.55 bits per heavy atom. The molecule has 0 unspecified atom stereocenters. The second-order valence-electron chi connectivity index (χ2n) is 4.81. The zero-order valence-electron chi connectivity index (χ0n) is 11.5. The zero-order chi connectivity index (χ0) is 15.7. The molecule has 0 saturated heterocycles. The van der Waals surface area contributed by atoms with Gasteiger partial charge in [0.15, 0.2) is 0 Å². The van der Waals surface area contributed by atoms with E-state index in [2.05, 4.69) is 0 Å². The molecule has 1 heterocycles. The molecule has 2 N–H and O–H groups in total. The Kier molecular flexibility index (Phi) is 3.56. The third-order valence-electron chi connectivity index (χ3n) is 3.33. The van der Waals surface area contributed by atoms with Crippen molar-refractivity contribution in [3.05, 3.63) is 72.7 Å². The predicted molar refractivity (Wildman–Crippen MR) is 82.5 cm³/mol. The predicted octanol–water partition coefficient (Wildman–Crippen LogP) is 2.93. The first-order valence-electron chi connectivity index (χ1n) is 6.52. The highest BCUT2D eigenvalue weighted by molar-refractivity contribution is 7.89. The molecule has 0 spiro atoms. The van der Waals surface area contributed by atoms with Crippen molar-refractivity contribution in [2.45, 2.75) is 4.90 Å². The zero-order valence-corrected chi connectivity index (χ0v) is 12.3. The highest BCUT2D eigenvalue weighted by Crippen LogP contribution is 2.25. The van der Waals surface area contributed by atoms with Crippen molar-refractivity contribution < 1.29 is 12.8 Å². The molecule has 0 bridgehead atoms. The molecule has 112 valence electrons. The Morgan fingerprint density at radius 3 is 2.14 bits per heavy atom. The van der Waals surface area contributed by atoms with Gasteiger partial charge in [0.2, 0.25) is 10.0 Å². The van der Waals surface area contributed by atoms with Gasteiger partial charge in [-0.25, -0.2) is 17.9 Å². The van der Waals surface area contributed by atoms with Gasteiger partial charge >= 0.3 is 0 Å². The minimum absolute atomic E-state index is 0.0659. The Bertz CT molecular complexity index is 898. The standard InChI is InChI=1S/C16H13FN2O2S/c17-13-5-7-14(8-6-13)19-11-1-2-16(19)12-3-9-15(10-4-12)22(18,20)21/h1-11H,(H2,18,20,21). The molecule has 6 heteroatoms. The number of halogens is 1. The van der Waals surface area contributed by atoms with Gasteiger partial charge < -0.3 is 4.57 Å². The number of hydrogen-bond donors (Lipinski definition) is 1. The number of nitrogens with zero attached hydrogens (tertiary/aromatic N) is 1. The molecule has 0 amide bonds. The van der Waals surface area contributed by atoms with Crippen molar-refractivity contribution in [2.24, 2.45) is 5.14 Å². The molecule has 4 nitrogen and oxygen atoms in total. The van der Waals surface area contributed by atoms with Crippen molar-refractivity contribution in [3.8, 4) is 16.9 Å². The highest BCUT2D eigenvalue weighted by atomic mass is 32.2. The average Bonchev–Trinajstić information content (AvgIpc) is 2.97. The first-order valence-corrected chi connectivity index (χ1v) is 8.06. The van der Waals surface area contributed by atoms with Crippen LogP contribution in [-0.4, -0.2) is 13.0 Å². The van der Waals surface area contributed by atoms with Crippen LogP contribution < -0.4 is 5.14 Å². The smallest absolute Gasteiger partial charge is 0.238 e. The van der Waals surface area contributed by atoms with Crippen LogP contribution in [0.2, 0.25) is 0 Å². The molecule has 0 aliphatic heterocycles. The topological polar surface area (TPSA) is 65.1 Å². The first kappa shape index (κ1) is 14.5. The highest BCUT2D eigenvalue weighted by Gasteiger charge is 2.10. The van der Waals surface area contributed by atoms with Crippen LogP contribution in [0.15, 0.2) is 71.8 Å². The minimum Gasteiger partial charge on any atom is -0.317 e. The summed E-state index contributed by atoms with van der Waals surface area (Å²) in [6.07, 6.45) is 1.86. The number of benzene rings is 2. The van der Waals surface area contributed by atoms with Crippen molar-refractivity contribution in [1.82, 2.24) is 4.57 Å². The Labute approximate surface area is 127 Å². The molecule has 2 aromatic carbocycles. The summed E-state index contributed by atoms with van der Waals surface area (Å²) in [5.41, 5.74) is 2.52. The quantitative estimate of drug-likeness (QED) is 0.807. The summed E-state index contributed by atoms with van der Waals surface area (Å²) in [7, 11) is -3.70. The van der Waals surface area contributed by atoms with Crippen LogP contribution in [0.25, 0.3) is 16.9 Å². The lowest BCUT2D eigenvalue weighted by Crippen LogP contribution is -2.11. The van der Waals surface area contributed by atoms with Gasteiger partial charge in [-0.2, -0.15) is 0 Å². The number of primary sulfonamides is 1. The van der Waals surface area contributed by atoms with Gasteiger partial charge in [0.25, 0.3) is 0 Å². The van der Waals surface area contributed by atoms with Crippen molar-refractivity contribution in [2.75, 3.05) is 0 Å². The van der Waals surface area contributed by atoms with Gasteiger partial charge in [-0.3, -0.25) is 0 Å². The van der Waals surface area contributed by atoms with E-state index in [0.29, 0.717) is 0 Å². The van der Waals surface area contributed by atoms with Gasteiger partial charge in [-0.1, -0.05) is 12.1 Å². The van der Waals surface area contributed by atoms with Gasteiger partial charge in [-0.05, 0) is 54.1 Å². The maximum atomic E-state index is 13.0. The van der Waals surface area contributed by atoms with E-state index < -0.39 is 10.0 Å². The molecule has 0 saturated carbocycles. The third-order valence-corrected chi connectivity index (χ3v) is 4.26. The average molecular weight is 316 g/mol. The van der Waals surface area contributed by atoms with Gasteiger partial charge in [0, 0.05) is 11.9 Å². The number of aromatic nitrogens is 1. The Morgan fingerprint density at radius 1 is 0.909 bits per heavy atom. The molecule has 22 heavy (non-hydrogen) atoms. The molecule has 0 radical (unpaired) electrons. The lowest BCUT2D eigenvalue weighted by atomic mass is 10.1. The van der Waals surface area contributed by atoms with Crippen LogP contribution in [-0.2, 0) is 10.0 Å². The summed E-state index contributed by atoms with van der Waals surface area (Å²) >= 11 is 0. The van der Waals surface area contributed by atoms with Crippen LogP contribution in [0.1, 0.15) is 0 Å². The summed E-state index contributed by atoms with van der Waals surface area (Å²) in [6, 6.07) is 16.2. The first-order chi connectivity index (χ1) is 10.4. The van der Waals surface area contributed by atoms with Crippen molar-refractivity contribution in [3.63, 3.8) is 0 Å². The van der Waals surface area contributed by atoms with Gasteiger partial charge in [-0.15, -0.1) is 0 Å². The summed E-state index contributed by atoms with van der Waals surface area (Å²) in [5, 5.41) is 5.09. The van der Waals surface area contributed by atoms with Crippen molar-refractivity contribution in [1.29, 1.82) is 0 Å². The number of sulfonamides is 1. The number of nitrogens with two attached hydrogens (primary N) is 1. The number of hydrogen-bond acceptors (Lipinski definition) is 2. The fourth-order valence-electron chi connectivity index (χ4n) is 2.26. The summed E-state index contributed by atoms with van der Waals surface area (Å²) in [6.45, 7) is 0. The Hall–Kier alpha value is -2.44. The number of rotatable bonds is 3. The molecule has 3 rings (SSSR count). The van der Waals surface area contributed by atoms with E-state index in [1.807, 2.05) is 22.9 Å². The molecule has 0 atom stereocenters. The summed E-state index contributed by atoms with van der Waals surface area (Å²) < 4.78 is 37.5. The van der Waals surface area contributed by atoms with E-state index in [-0.39, 0.29) is 10.7 Å². The molecule has 1 aromatic heterocycles. The van der Waals surface area contributed by atoms with Crippen LogP contribution in [0, 0.1) is 5.82 Å². The van der Waals surface area contributed by atoms with E-state index in [4.69, 9.17) is 5.14 Å². The minimum atomic E-state index is -3.70. The lowest BCUT2D eigenvalue weighted by molar-refractivity contribution is 0.598. The van der Waals surface area contributed by atoms with Crippen LogP contribution in [0.3, 0.4) is 0 Å². The molecule has 0 aliphatic carbocycles. The summed E-state index contributed by atoms with van der Waals surface area (Å²) in [4.78, 5) is 0.0659. The Balaban J connectivity index is 2.03. The molecule has 3 aromatic rings. The lowest BCUT2D eigenvalue weighted by Gasteiger charge is -2.10. The van der Waals surface area contributed by atoms with Crippen molar-refractivity contribution >= 4 is 10.0 Å². The molecule has 0 aliphatic rings. The van der Waals surface area contributed by atoms with E-state index in [1.165, 1.54) is 24.3 Å². The fraction of sp³-hybridized carbons (Fsp3) is 0. The normalized spacial score (nSPS) is 11.5. The SMILES string of the molecule is NS(=O)(=O)c1ccc(-c2cccn2-c2ccc(F)cc2)cc1. The second-order valence-corrected chi connectivity index (χ2v) is 6.37. The fourth-order valence-corrected chi connectivity index (χ4v) is 2.77. The maximum Gasteiger partial charge on any atom is 0.238 e. The van der Waals surface area contributed by atoms with E-state index >= 15 is 0 Å². The second kappa shape index (κ2) is 5.40. The molecular weight excluding hydrogens is 303 g/mol. The van der Waals surface area contributed by atoms with Crippen LogP contribution >= 0.6 is 0 Å². The monoisotopic (exact) mass is 316 g/mol. The summed E-state index contributed by atoms with van der Waals surface area (Å²) in [5.74, 6) is -0.296. The third kappa shape index (κ3) is 2.79. The van der Waals surface area contributed by atoms with E-state index in [9.17, 15) is 12.8 Å².